The van der Waals surface area contributed by atoms with Gasteiger partial charge < -0.3 is 25.2 Å². The SMILES string of the molecule is OCc1cccc(COCc2cccc(CO)c2O)c1O. The van der Waals surface area contributed by atoms with Gasteiger partial charge >= 0.3 is 0 Å². The summed E-state index contributed by atoms with van der Waals surface area (Å²) < 4.78 is 5.48. The van der Waals surface area contributed by atoms with Gasteiger partial charge in [0.15, 0.2) is 0 Å². The zero-order valence-corrected chi connectivity index (χ0v) is 11.5. The number of para-hydroxylation sites is 2. The van der Waals surface area contributed by atoms with Crippen LogP contribution in [0.2, 0.25) is 0 Å². The van der Waals surface area contributed by atoms with E-state index in [9.17, 15) is 10.2 Å². The van der Waals surface area contributed by atoms with Crippen molar-refractivity contribution in [3.05, 3.63) is 58.7 Å². The largest absolute Gasteiger partial charge is 0.507 e. The number of benzene rings is 2. The van der Waals surface area contributed by atoms with Crippen LogP contribution in [0, 0.1) is 0 Å². The monoisotopic (exact) mass is 290 g/mol. The molecule has 0 saturated carbocycles. The molecule has 2 aromatic carbocycles. The van der Waals surface area contributed by atoms with E-state index in [1.807, 2.05) is 0 Å². The third kappa shape index (κ3) is 3.52. The molecule has 2 rings (SSSR count). The van der Waals surface area contributed by atoms with Crippen LogP contribution in [0.25, 0.3) is 0 Å². The van der Waals surface area contributed by atoms with Crippen molar-refractivity contribution in [3.63, 3.8) is 0 Å². The van der Waals surface area contributed by atoms with E-state index in [1.54, 1.807) is 36.4 Å². The molecule has 112 valence electrons. The number of aliphatic hydroxyl groups excluding tert-OH is 2. The molecule has 0 amide bonds. The molecule has 0 aliphatic carbocycles. The Morgan fingerprint density at radius 1 is 0.667 bits per heavy atom. The molecule has 0 aliphatic heterocycles. The molecule has 5 heteroatoms. The van der Waals surface area contributed by atoms with Crippen LogP contribution in [0.5, 0.6) is 11.5 Å². The average Bonchev–Trinajstić information content (AvgIpc) is 2.50. The molecule has 21 heavy (non-hydrogen) atoms. The van der Waals surface area contributed by atoms with E-state index >= 15 is 0 Å². The molecule has 2 aromatic rings. The lowest BCUT2D eigenvalue weighted by Crippen LogP contribution is -1.98. The van der Waals surface area contributed by atoms with Crippen LogP contribution in [0.1, 0.15) is 22.3 Å². The standard InChI is InChI=1S/C16H18O5/c17-7-11-3-1-5-13(15(11)19)9-21-10-14-6-2-4-12(8-18)16(14)20/h1-6,17-20H,7-10H2. The molecule has 0 atom stereocenters. The normalized spacial score (nSPS) is 10.8. The van der Waals surface area contributed by atoms with Crippen molar-refractivity contribution in [2.24, 2.45) is 0 Å². The van der Waals surface area contributed by atoms with Gasteiger partial charge in [-0.15, -0.1) is 0 Å². The minimum absolute atomic E-state index is 0.0216. The summed E-state index contributed by atoms with van der Waals surface area (Å²) in [5.74, 6) is 0.0432. The third-order valence-corrected chi connectivity index (χ3v) is 3.26. The van der Waals surface area contributed by atoms with Gasteiger partial charge in [0.1, 0.15) is 11.5 Å². The Morgan fingerprint density at radius 3 is 1.43 bits per heavy atom. The topological polar surface area (TPSA) is 90.2 Å². The quantitative estimate of drug-likeness (QED) is 0.651. The van der Waals surface area contributed by atoms with Gasteiger partial charge in [-0.05, 0) is 0 Å². The lowest BCUT2D eigenvalue weighted by atomic mass is 10.1. The van der Waals surface area contributed by atoms with Crippen LogP contribution >= 0.6 is 0 Å². The van der Waals surface area contributed by atoms with E-state index in [2.05, 4.69) is 0 Å². The average molecular weight is 290 g/mol. The summed E-state index contributed by atoms with van der Waals surface area (Å²) in [6.45, 7) is -0.164. The van der Waals surface area contributed by atoms with E-state index in [0.717, 1.165) is 0 Å². The zero-order chi connectivity index (χ0) is 15.2. The number of hydrogen-bond donors (Lipinski definition) is 4. The van der Waals surface area contributed by atoms with Crippen molar-refractivity contribution < 1.29 is 25.2 Å². The van der Waals surface area contributed by atoms with Crippen LogP contribution in [0.4, 0.5) is 0 Å². The summed E-state index contributed by atoms with van der Waals surface area (Å²) in [7, 11) is 0. The summed E-state index contributed by atoms with van der Waals surface area (Å²) in [4.78, 5) is 0. The molecular formula is C16H18O5. The molecule has 0 fully saturated rings. The Labute approximate surface area is 122 Å². The first kappa shape index (κ1) is 15.3. The van der Waals surface area contributed by atoms with Gasteiger partial charge in [-0.2, -0.15) is 0 Å². The minimum atomic E-state index is -0.237. The number of phenols is 2. The minimum Gasteiger partial charge on any atom is -0.507 e. The molecule has 0 aromatic heterocycles. The van der Waals surface area contributed by atoms with Crippen molar-refractivity contribution in [1.82, 2.24) is 0 Å². The predicted molar refractivity (Wildman–Crippen MR) is 76.6 cm³/mol. The van der Waals surface area contributed by atoms with Crippen LogP contribution < -0.4 is 0 Å². The van der Waals surface area contributed by atoms with Crippen LogP contribution in [-0.4, -0.2) is 20.4 Å². The highest BCUT2D eigenvalue weighted by Gasteiger charge is 2.09. The van der Waals surface area contributed by atoms with Gasteiger partial charge in [0.2, 0.25) is 0 Å². The number of aliphatic hydroxyl groups is 2. The van der Waals surface area contributed by atoms with Crippen LogP contribution in [0.15, 0.2) is 36.4 Å². The fourth-order valence-corrected chi connectivity index (χ4v) is 2.05. The fraction of sp³-hybridized carbons (Fsp3) is 0.250. The summed E-state index contributed by atoms with van der Waals surface area (Å²) >= 11 is 0. The molecular weight excluding hydrogens is 272 g/mol. The molecule has 0 unspecified atom stereocenters. The Hall–Kier alpha value is -2.08. The van der Waals surface area contributed by atoms with Gasteiger partial charge in [0.25, 0.3) is 0 Å². The van der Waals surface area contributed by atoms with Gasteiger partial charge in [-0.25, -0.2) is 0 Å². The van der Waals surface area contributed by atoms with Crippen molar-refractivity contribution in [3.8, 4) is 11.5 Å². The van der Waals surface area contributed by atoms with Gasteiger partial charge in [-0.3, -0.25) is 0 Å². The number of rotatable bonds is 6. The van der Waals surface area contributed by atoms with Gasteiger partial charge in [-0.1, -0.05) is 36.4 Å². The smallest absolute Gasteiger partial charge is 0.126 e. The highest BCUT2D eigenvalue weighted by atomic mass is 16.5. The van der Waals surface area contributed by atoms with Crippen molar-refractivity contribution in [2.75, 3.05) is 0 Å². The zero-order valence-electron chi connectivity index (χ0n) is 11.5. The Kier molecular flexibility index (Phi) is 5.16. The Bertz CT molecular complexity index is 556. The maximum atomic E-state index is 9.90. The highest BCUT2D eigenvalue weighted by molar-refractivity contribution is 5.40. The molecule has 5 nitrogen and oxygen atoms in total. The first-order chi connectivity index (χ1) is 10.2. The predicted octanol–water partition coefficient (Wildman–Crippen LogP) is 1.80. The molecule has 0 saturated heterocycles. The first-order valence-electron chi connectivity index (χ1n) is 6.56. The highest BCUT2D eigenvalue weighted by Crippen LogP contribution is 2.26. The summed E-state index contributed by atoms with van der Waals surface area (Å²) in [6.07, 6.45) is 0. The summed E-state index contributed by atoms with van der Waals surface area (Å²) in [5, 5.41) is 38.0. The second kappa shape index (κ2) is 7.08. The van der Waals surface area contributed by atoms with E-state index < -0.39 is 0 Å². The maximum absolute atomic E-state index is 9.90. The van der Waals surface area contributed by atoms with E-state index in [-0.39, 0.29) is 37.9 Å². The number of ether oxygens (including phenoxy) is 1. The van der Waals surface area contributed by atoms with E-state index in [0.29, 0.717) is 22.3 Å². The lowest BCUT2D eigenvalue weighted by Gasteiger charge is -2.11. The van der Waals surface area contributed by atoms with Crippen molar-refractivity contribution >= 4 is 0 Å². The molecule has 0 radical (unpaired) electrons. The lowest BCUT2D eigenvalue weighted by molar-refractivity contribution is 0.103. The summed E-state index contributed by atoms with van der Waals surface area (Å²) in [5.41, 5.74) is 2.03. The van der Waals surface area contributed by atoms with Gasteiger partial charge in [0.05, 0.1) is 26.4 Å². The molecule has 0 spiro atoms. The van der Waals surface area contributed by atoms with Crippen LogP contribution in [-0.2, 0) is 31.2 Å². The first-order valence-corrected chi connectivity index (χ1v) is 6.56. The van der Waals surface area contributed by atoms with E-state index in [1.165, 1.54) is 0 Å². The Morgan fingerprint density at radius 2 is 1.05 bits per heavy atom. The van der Waals surface area contributed by atoms with E-state index in [4.69, 9.17) is 14.9 Å². The molecule has 0 heterocycles. The number of hydrogen-bond acceptors (Lipinski definition) is 5. The molecule has 4 N–H and O–H groups in total. The molecule has 0 aliphatic rings. The fourth-order valence-electron chi connectivity index (χ4n) is 2.05. The second-order valence-corrected chi connectivity index (χ2v) is 4.66. The number of aromatic hydroxyl groups is 2. The second-order valence-electron chi connectivity index (χ2n) is 4.66. The Balaban J connectivity index is 2.02. The van der Waals surface area contributed by atoms with Crippen molar-refractivity contribution in [2.45, 2.75) is 26.4 Å². The third-order valence-electron chi connectivity index (χ3n) is 3.26. The maximum Gasteiger partial charge on any atom is 0.126 e. The van der Waals surface area contributed by atoms with Gasteiger partial charge in [0, 0.05) is 22.3 Å². The molecule has 0 bridgehead atoms. The van der Waals surface area contributed by atoms with Crippen molar-refractivity contribution in [1.29, 1.82) is 0 Å². The summed E-state index contributed by atoms with van der Waals surface area (Å²) in [6, 6.07) is 10.1. The van der Waals surface area contributed by atoms with Crippen LogP contribution in [0.3, 0.4) is 0 Å².